The van der Waals surface area contributed by atoms with E-state index in [2.05, 4.69) is 10.1 Å². The molecule has 0 bridgehead atoms. The topological polar surface area (TPSA) is 56.7 Å². The number of alkyl halides is 1. The number of aromatic nitrogens is 3. The molecule has 1 aromatic rings. The molecule has 0 saturated heterocycles. The van der Waals surface area contributed by atoms with Crippen molar-refractivity contribution in [2.75, 3.05) is 0 Å². The van der Waals surface area contributed by atoms with Gasteiger partial charge in [0.25, 0.3) is 0 Å². The van der Waals surface area contributed by atoms with Crippen LogP contribution in [0.2, 0.25) is 0 Å². The Bertz CT molecular complexity index is 311. The van der Waals surface area contributed by atoms with Crippen LogP contribution < -0.4 is 5.73 Å². The predicted octanol–water partition coefficient (Wildman–Crippen LogP) is 0.491. The van der Waals surface area contributed by atoms with Crippen LogP contribution in [0.1, 0.15) is 25.1 Å². The Balaban J connectivity index is 2.30. The molecule has 2 rings (SSSR count). The molecule has 0 amide bonds. The Hall–Kier alpha value is -0.970. The molecule has 0 aliphatic heterocycles. The van der Waals surface area contributed by atoms with Crippen molar-refractivity contribution in [3.63, 3.8) is 0 Å². The number of halogens is 1. The highest BCUT2D eigenvalue weighted by Crippen LogP contribution is 2.40. The van der Waals surface area contributed by atoms with Crippen LogP contribution >= 0.6 is 0 Å². The van der Waals surface area contributed by atoms with E-state index in [4.69, 9.17) is 5.73 Å². The van der Waals surface area contributed by atoms with Crippen LogP contribution in [0.25, 0.3) is 0 Å². The number of hydrogen-bond acceptors (Lipinski definition) is 3. The molecule has 1 saturated carbocycles. The van der Waals surface area contributed by atoms with Gasteiger partial charge in [0, 0.05) is 19.5 Å². The van der Waals surface area contributed by atoms with Gasteiger partial charge in [-0.25, -0.2) is 9.37 Å². The third-order valence-corrected chi connectivity index (χ3v) is 2.61. The largest absolute Gasteiger partial charge is 0.328 e. The van der Waals surface area contributed by atoms with Gasteiger partial charge in [0.15, 0.2) is 11.5 Å². The van der Waals surface area contributed by atoms with Crippen LogP contribution in [0.4, 0.5) is 4.39 Å². The van der Waals surface area contributed by atoms with Gasteiger partial charge < -0.3 is 5.73 Å². The molecule has 2 unspecified atom stereocenters. The monoisotopic (exact) mass is 184 g/mol. The third kappa shape index (κ3) is 1.33. The first-order valence-corrected chi connectivity index (χ1v) is 4.41. The molecule has 5 heteroatoms. The standard InChI is InChI=1S/C8H13FN4/c1-13-7(11-5-12-13)8(9)3-2-6(10)4-8/h5-6H,2-4,10H2,1H3. The summed E-state index contributed by atoms with van der Waals surface area (Å²) in [5, 5.41) is 3.86. The molecule has 2 atom stereocenters. The van der Waals surface area contributed by atoms with Gasteiger partial charge in [-0.05, 0) is 12.8 Å². The molecule has 1 fully saturated rings. The summed E-state index contributed by atoms with van der Waals surface area (Å²) in [7, 11) is 1.70. The maximum absolute atomic E-state index is 14.2. The zero-order chi connectivity index (χ0) is 9.47. The van der Waals surface area contributed by atoms with Gasteiger partial charge in [0.1, 0.15) is 6.33 Å². The zero-order valence-corrected chi connectivity index (χ0v) is 7.57. The predicted molar refractivity (Wildman–Crippen MR) is 45.6 cm³/mol. The molecule has 0 aromatic carbocycles. The third-order valence-electron chi connectivity index (χ3n) is 2.61. The molecule has 1 aliphatic carbocycles. The van der Waals surface area contributed by atoms with Crippen LogP contribution in [-0.2, 0) is 12.7 Å². The summed E-state index contributed by atoms with van der Waals surface area (Å²) in [6.07, 6.45) is 2.92. The summed E-state index contributed by atoms with van der Waals surface area (Å²) >= 11 is 0. The molecule has 1 aliphatic rings. The lowest BCUT2D eigenvalue weighted by molar-refractivity contribution is 0.153. The molecular weight excluding hydrogens is 171 g/mol. The second kappa shape index (κ2) is 2.77. The lowest BCUT2D eigenvalue weighted by atomic mass is 10.0. The van der Waals surface area contributed by atoms with Crippen molar-refractivity contribution < 1.29 is 4.39 Å². The van der Waals surface area contributed by atoms with Crippen molar-refractivity contribution >= 4 is 0 Å². The van der Waals surface area contributed by atoms with E-state index in [1.165, 1.54) is 11.0 Å². The fourth-order valence-electron chi connectivity index (χ4n) is 1.94. The lowest BCUT2D eigenvalue weighted by Gasteiger charge is -2.17. The van der Waals surface area contributed by atoms with Crippen LogP contribution in [0, 0.1) is 0 Å². The van der Waals surface area contributed by atoms with E-state index in [1.807, 2.05) is 0 Å². The fraction of sp³-hybridized carbons (Fsp3) is 0.750. The maximum Gasteiger partial charge on any atom is 0.171 e. The SMILES string of the molecule is Cn1ncnc1C1(F)CCC(N)C1. The molecule has 72 valence electrons. The molecule has 0 spiro atoms. The van der Waals surface area contributed by atoms with Crippen molar-refractivity contribution in [2.45, 2.75) is 31.0 Å². The minimum absolute atomic E-state index is 0.0401. The van der Waals surface area contributed by atoms with Gasteiger partial charge in [0.2, 0.25) is 0 Å². The summed E-state index contributed by atoms with van der Waals surface area (Å²) < 4.78 is 15.7. The first-order chi connectivity index (χ1) is 6.12. The summed E-state index contributed by atoms with van der Waals surface area (Å²) in [6.45, 7) is 0. The Kier molecular flexibility index (Phi) is 1.83. The minimum Gasteiger partial charge on any atom is -0.328 e. The summed E-state index contributed by atoms with van der Waals surface area (Å²) in [5.74, 6) is 0.403. The average Bonchev–Trinajstić information content (AvgIpc) is 2.59. The highest BCUT2D eigenvalue weighted by atomic mass is 19.1. The Morgan fingerprint density at radius 2 is 2.54 bits per heavy atom. The number of aryl methyl sites for hydroxylation is 1. The molecule has 0 radical (unpaired) electrons. The molecule has 2 N–H and O–H groups in total. The van der Waals surface area contributed by atoms with Crippen molar-refractivity contribution in [3.8, 4) is 0 Å². The Morgan fingerprint density at radius 3 is 3.00 bits per heavy atom. The van der Waals surface area contributed by atoms with Crippen molar-refractivity contribution in [3.05, 3.63) is 12.2 Å². The van der Waals surface area contributed by atoms with Crippen LogP contribution in [-0.4, -0.2) is 20.8 Å². The average molecular weight is 184 g/mol. The number of rotatable bonds is 1. The van der Waals surface area contributed by atoms with E-state index in [0.29, 0.717) is 18.7 Å². The van der Waals surface area contributed by atoms with Gasteiger partial charge in [-0.2, -0.15) is 5.10 Å². The highest BCUT2D eigenvalue weighted by molar-refractivity contribution is 5.06. The van der Waals surface area contributed by atoms with Crippen molar-refractivity contribution in [2.24, 2.45) is 12.8 Å². The quantitative estimate of drug-likeness (QED) is 0.691. The second-order valence-corrected chi connectivity index (χ2v) is 3.68. The Labute approximate surface area is 75.9 Å². The maximum atomic E-state index is 14.2. The normalized spacial score (nSPS) is 33.9. The molecular formula is C8H13FN4. The van der Waals surface area contributed by atoms with Crippen LogP contribution in [0.3, 0.4) is 0 Å². The summed E-state index contributed by atoms with van der Waals surface area (Å²) in [4.78, 5) is 3.93. The first-order valence-electron chi connectivity index (χ1n) is 4.41. The van der Waals surface area contributed by atoms with Crippen molar-refractivity contribution in [1.29, 1.82) is 0 Å². The van der Waals surface area contributed by atoms with E-state index in [-0.39, 0.29) is 6.04 Å². The highest BCUT2D eigenvalue weighted by Gasteiger charge is 2.42. The molecule has 1 heterocycles. The van der Waals surface area contributed by atoms with E-state index in [1.54, 1.807) is 7.05 Å². The number of nitrogens with two attached hydrogens (primary N) is 1. The van der Waals surface area contributed by atoms with Gasteiger partial charge in [-0.1, -0.05) is 0 Å². The van der Waals surface area contributed by atoms with Gasteiger partial charge in [0.05, 0.1) is 0 Å². The van der Waals surface area contributed by atoms with Gasteiger partial charge >= 0.3 is 0 Å². The van der Waals surface area contributed by atoms with Crippen molar-refractivity contribution in [1.82, 2.24) is 14.8 Å². The molecule has 13 heavy (non-hydrogen) atoms. The molecule has 1 aromatic heterocycles. The fourth-order valence-corrected chi connectivity index (χ4v) is 1.94. The van der Waals surface area contributed by atoms with E-state index in [9.17, 15) is 4.39 Å². The Morgan fingerprint density at radius 1 is 1.77 bits per heavy atom. The first kappa shape index (κ1) is 8.62. The zero-order valence-electron chi connectivity index (χ0n) is 7.57. The van der Waals surface area contributed by atoms with E-state index >= 15 is 0 Å². The number of nitrogens with zero attached hydrogens (tertiary/aromatic N) is 3. The lowest BCUT2D eigenvalue weighted by Crippen LogP contribution is -2.24. The van der Waals surface area contributed by atoms with Crippen LogP contribution in [0.15, 0.2) is 6.33 Å². The number of hydrogen-bond donors (Lipinski definition) is 1. The molecule has 4 nitrogen and oxygen atoms in total. The summed E-state index contributed by atoms with van der Waals surface area (Å²) in [5.41, 5.74) is 4.31. The summed E-state index contributed by atoms with van der Waals surface area (Å²) in [6, 6.07) is -0.0401. The van der Waals surface area contributed by atoms with E-state index < -0.39 is 5.67 Å². The smallest absolute Gasteiger partial charge is 0.171 e. The van der Waals surface area contributed by atoms with E-state index in [0.717, 1.165) is 6.42 Å². The van der Waals surface area contributed by atoms with Gasteiger partial charge in [-0.15, -0.1) is 0 Å². The van der Waals surface area contributed by atoms with Crippen LogP contribution in [0.5, 0.6) is 0 Å². The minimum atomic E-state index is -1.36. The van der Waals surface area contributed by atoms with Gasteiger partial charge in [-0.3, -0.25) is 4.68 Å². The second-order valence-electron chi connectivity index (χ2n) is 3.68.